The first-order chi connectivity index (χ1) is 8.27. The maximum atomic E-state index is 12.5. The molecule has 1 aliphatic heterocycles. The molecule has 3 rings (SSSR count). The Morgan fingerprint density at radius 3 is 2.67 bits per heavy atom. The van der Waals surface area contributed by atoms with Crippen molar-refractivity contribution in [1.82, 2.24) is 4.90 Å². The number of carbonyl (C=O) groups excluding carboxylic acids is 1. The van der Waals surface area contributed by atoms with Gasteiger partial charge in [0.05, 0.1) is 12.5 Å². The summed E-state index contributed by atoms with van der Waals surface area (Å²) in [5, 5.41) is 0. The first kappa shape index (κ1) is 14.1. The molecule has 0 aromatic heterocycles. The third-order valence-electron chi connectivity index (χ3n) is 4.80. The molecule has 18 heavy (non-hydrogen) atoms. The summed E-state index contributed by atoms with van der Waals surface area (Å²) < 4.78 is 5.40. The van der Waals surface area contributed by atoms with Crippen molar-refractivity contribution in [1.29, 1.82) is 0 Å². The molecule has 3 fully saturated rings. The molecule has 4 nitrogen and oxygen atoms in total. The molecular formula is C13H23ClN2O2. The molecule has 4 atom stereocenters. The molecule has 0 spiro atoms. The smallest absolute Gasteiger partial charge is 0.227 e. The van der Waals surface area contributed by atoms with Crippen LogP contribution in [0.5, 0.6) is 0 Å². The molecule has 2 aliphatic carbocycles. The lowest BCUT2D eigenvalue weighted by molar-refractivity contribution is -0.137. The second kappa shape index (κ2) is 5.76. The van der Waals surface area contributed by atoms with Crippen LogP contribution in [0.4, 0.5) is 0 Å². The summed E-state index contributed by atoms with van der Waals surface area (Å²) in [7, 11) is 0. The zero-order valence-electron chi connectivity index (χ0n) is 10.7. The van der Waals surface area contributed by atoms with Crippen molar-refractivity contribution in [3.8, 4) is 0 Å². The number of ether oxygens (including phenoxy) is 1. The van der Waals surface area contributed by atoms with Crippen molar-refractivity contribution in [3.63, 3.8) is 0 Å². The minimum Gasteiger partial charge on any atom is -0.380 e. The number of fused-ring (bicyclic) bond motifs is 2. The van der Waals surface area contributed by atoms with Gasteiger partial charge in [0.15, 0.2) is 0 Å². The van der Waals surface area contributed by atoms with Gasteiger partial charge in [-0.1, -0.05) is 0 Å². The Bertz CT molecular complexity index is 303. The molecule has 2 bridgehead atoms. The number of nitrogens with zero attached hydrogens (tertiary/aromatic N) is 1. The summed E-state index contributed by atoms with van der Waals surface area (Å²) in [5.74, 6) is 1.57. The second-order valence-electron chi connectivity index (χ2n) is 5.73. The Hall–Kier alpha value is -0.320. The molecule has 2 saturated carbocycles. The third kappa shape index (κ3) is 2.38. The molecule has 0 aromatic carbocycles. The second-order valence-corrected chi connectivity index (χ2v) is 5.73. The third-order valence-corrected chi connectivity index (χ3v) is 4.80. The van der Waals surface area contributed by atoms with E-state index in [1.165, 1.54) is 19.3 Å². The monoisotopic (exact) mass is 274 g/mol. The molecule has 104 valence electrons. The molecule has 2 N–H and O–H groups in total. The zero-order valence-corrected chi connectivity index (χ0v) is 11.5. The number of amides is 1. The van der Waals surface area contributed by atoms with Gasteiger partial charge in [-0.3, -0.25) is 4.79 Å². The van der Waals surface area contributed by atoms with E-state index < -0.39 is 0 Å². The number of hydrogen-bond donors (Lipinski definition) is 1. The summed E-state index contributed by atoms with van der Waals surface area (Å²) >= 11 is 0. The zero-order chi connectivity index (χ0) is 11.8. The van der Waals surface area contributed by atoms with Gasteiger partial charge in [-0.25, -0.2) is 0 Å². The van der Waals surface area contributed by atoms with Gasteiger partial charge in [0.25, 0.3) is 0 Å². The standard InChI is InChI=1S/C13H22N2O2.ClH/c14-12-10-3-2-9(8-10)11(12)13(16)15-4-1-6-17-7-5-15;/h9-12H,1-8,14H2;1H. The SMILES string of the molecule is Cl.NC1C2CCC(C2)C1C(=O)N1CCCOCC1. The minimum atomic E-state index is 0. The van der Waals surface area contributed by atoms with E-state index in [1.54, 1.807) is 0 Å². The predicted octanol–water partition coefficient (Wildman–Crippen LogP) is 1.03. The fourth-order valence-electron chi connectivity index (χ4n) is 3.88. The molecule has 1 amide bonds. The van der Waals surface area contributed by atoms with Crippen LogP contribution in [0.2, 0.25) is 0 Å². The fourth-order valence-corrected chi connectivity index (χ4v) is 3.88. The molecule has 0 radical (unpaired) electrons. The highest BCUT2D eigenvalue weighted by molar-refractivity contribution is 5.85. The maximum absolute atomic E-state index is 12.5. The van der Waals surface area contributed by atoms with Crippen LogP contribution >= 0.6 is 12.4 Å². The fraction of sp³-hybridized carbons (Fsp3) is 0.923. The van der Waals surface area contributed by atoms with Gasteiger partial charge in [-0.15, -0.1) is 12.4 Å². The van der Waals surface area contributed by atoms with E-state index in [0.29, 0.717) is 24.3 Å². The highest BCUT2D eigenvalue weighted by Crippen LogP contribution is 2.48. The maximum Gasteiger partial charge on any atom is 0.227 e. The minimum absolute atomic E-state index is 0. The van der Waals surface area contributed by atoms with Crippen molar-refractivity contribution >= 4 is 18.3 Å². The van der Waals surface area contributed by atoms with Crippen LogP contribution < -0.4 is 5.73 Å². The topological polar surface area (TPSA) is 55.6 Å². The lowest BCUT2D eigenvalue weighted by atomic mass is 9.84. The number of carbonyl (C=O) groups is 1. The lowest BCUT2D eigenvalue weighted by Crippen LogP contribution is -2.47. The van der Waals surface area contributed by atoms with Crippen molar-refractivity contribution in [2.45, 2.75) is 31.7 Å². The number of halogens is 1. The van der Waals surface area contributed by atoms with Crippen LogP contribution in [0.1, 0.15) is 25.7 Å². The van der Waals surface area contributed by atoms with Gasteiger partial charge >= 0.3 is 0 Å². The van der Waals surface area contributed by atoms with E-state index in [4.69, 9.17) is 10.5 Å². The van der Waals surface area contributed by atoms with E-state index in [9.17, 15) is 4.79 Å². The molecule has 0 aromatic rings. The van der Waals surface area contributed by atoms with Gasteiger partial charge in [-0.2, -0.15) is 0 Å². The molecule has 1 saturated heterocycles. The van der Waals surface area contributed by atoms with Crippen molar-refractivity contribution < 1.29 is 9.53 Å². The van der Waals surface area contributed by atoms with E-state index in [0.717, 1.165) is 26.1 Å². The Labute approximate surface area is 115 Å². The quantitative estimate of drug-likeness (QED) is 0.777. The van der Waals surface area contributed by atoms with E-state index in [2.05, 4.69) is 0 Å². The predicted molar refractivity (Wildman–Crippen MR) is 71.6 cm³/mol. The van der Waals surface area contributed by atoms with Gasteiger partial charge < -0.3 is 15.4 Å². The van der Waals surface area contributed by atoms with Gasteiger partial charge in [-0.05, 0) is 37.5 Å². The van der Waals surface area contributed by atoms with Gasteiger partial charge in [0.2, 0.25) is 5.91 Å². The summed E-state index contributed by atoms with van der Waals surface area (Å²) in [6.45, 7) is 3.06. The Morgan fingerprint density at radius 1 is 1.17 bits per heavy atom. The first-order valence-corrected chi connectivity index (χ1v) is 6.89. The molecule has 5 heteroatoms. The highest BCUT2D eigenvalue weighted by Gasteiger charge is 2.50. The number of nitrogens with two attached hydrogens (primary N) is 1. The van der Waals surface area contributed by atoms with Crippen LogP contribution in [-0.4, -0.2) is 43.2 Å². The lowest BCUT2D eigenvalue weighted by Gasteiger charge is -2.31. The molecule has 1 heterocycles. The molecular weight excluding hydrogens is 252 g/mol. The Kier molecular flexibility index (Phi) is 4.51. The van der Waals surface area contributed by atoms with Crippen LogP contribution in [0.3, 0.4) is 0 Å². The van der Waals surface area contributed by atoms with Crippen molar-refractivity contribution in [2.24, 2.45) is 23.5 Å². The average molecular weight is 275 g/mol. The van der Waals surface area contributed by atoms with Crippen LogP contribution in [-0.2, 0) is 9.53 Å². The number of rotatable bonds is 1. The van der Waals surface area contributed by atoms with Crippen LogP contribution in [0, 0.1) is 17.8 Å². The average Bonchev–Trinajstić information content (AvgIpc) is 2.79. The van der Waals surface area contributed by atoms with Gasteiger partial charge in [0, 0.05) is 25.7 Å². The van der Waals surface area contributed by atoms with E-state index >= 15 is 0 Å². The van der Waals surface area contributed by atoms with E-state index in [-0.39, 0.29) is 24.4 Å². The Morgan fingerprint density at radius 2 is 1.94 bits per heavy atom. The van der Waals surface area contributed by atoms with Crippen LogP contribution in [0.15, 0.2) is 0 Å². The summed E-state index contributed by atoms with van der Waals surface area (Å²) in [5.41, 5.74) is 6.23. The summed E-state index contributed by atoms with van der Waals surface area (Å²) in [4.78, 5) is 14.5. The largest absolute Gasteiger partial charge is 0.380 e. The highest BCUT2D eigenvalue weighted by atomic mass is 35.5. The first-order valence-electron chi connectivity index (χ1n) is 6.89. The van der Waals surface area contributed by atoms with E-state index in [1.807, 2.05) is 4.90 Å². The normalized spacial score (nSPS) is 39.3. The van der Waals surface area contributed by atoms with Crippen LogP contribution in [0.25, 0.3) is 0 Å². The summed E-state index contributed by atoms with van der Waals surface area (Å²) in [6, 6.07) is 0.116. The van der Waals surface area contributed by atoms with Gasteiger partial charge in [0.1, 0.15) is 0 Å². The molecule has 3 aliphatic rings. The van der Waals surface area contributed by atoms with Crippen molar-refractivity contribution in [2.75, 3.05) is 26.3 Å². The Balaban J connectivity index is 0.00000120. The van der Waals surface area contributed by atoms with Crippen molar-refractivity contribution in [3.05, 3.63) is 0 Å². The molecule has 4 unspecified atom stereocenters. The number of hydrogen-bond acceptors (Lipinski definition) is 3. The summed E-state index contributed by atoms with van der Waals surface area (Å²) in [6.07, 6.45) is 4.58.